The number of aromatic nitrogens is 5. The number of alkyl halides is 4. The summed E-state index contributed by atoms with van der Waals surface area (Å²) in [5.74, 6) is -0.964. The number of nitrogens with zero attached hydrogens (tertiary/aromatic N) is 5. The molecule has 0 unspecified atom stereocenters. The van der Waals surface area contributed by atoms with Gasteiger partial charge in [0.1, 0.15) is 24.2 Å². The Morgan fingerprint density at radius 1 is 1.00 bits per heavy atom. The van der Waals surface area contributed by atoms with Gasteiger partial charge in [0.25, 0.3) is 0 Å². The summed E-state index contributed by atoms with van der Waals surface area (Å²) >= 11 is 0. The third kappa shape index (κ3) is 5.15. The smallest absolute Gasteiger partial charge is 0.428 e. The van der Waals surface area contributed by atoms with Gasteiger partial charge in [0.2, 0.25) is 0 Å². The van der Waals surface area contributed by atoms with Gasteiger partial charge < -0.3 is 9.84 Å². The van der Waals surface area contributed by atoms with Crippen LogP contribution >= 0.6 is 0 Å². The second-order valence-corrected chi connectivity index (χ2v) is 8.08. The molecule has 0 fully saturated rings. The zero-order chi connectivity index (χ0) is 25.9. The molecule has 0 saturated heterocycles. The molecule has 0 aliphatic rings. The molecule has 36 heavy (non-hydrogen) atoms. The highest BCUT2D eigenvalue weighted by atomic mass is 19.3. The van der Waals surface area contributed by atoms with Gasteiger partial charge in [-0.05, 0) is 42.0 Å². The van der Waals surface area contributed by atoms with Gasteiger partial charge in [0, 0.05) is 18.9 Å². The fraction of sp³-hybridized carbons (Fsp3) is 0.261. The molecule has 1 N–H and O–H groups in total. The van der Waals surface area contributed by atoms with Gasteiger partial charge in [-0.2, -0.15) is 22.7 Å². The minimum Gasteiger partial charge on any atom is -0.428 e. The molecule has 2 heterocycles. The van der Waals surface area contributed by atoms with Crippen molar-refractivity contribution in [2.75, 3.05) is 6.61 Å². The van der Waals surface area contributed by atoms with E-state index >= 15 is 0 Å². The average molecular weight is 509 g/mol. The Kier molecular flexibility index (Phi) is 6.93. The molecule has 8 nitrogen and oxygen atoms in total. The third-order valence-electron chi connectivity index (χ3n) is 5.63. The molecular formula is C23H20F5N5O3. The minimum atomic E-state index is -4.65. The Bertz CT molecular complexity index is 1340. The van der Waals surface area contributed by atoms with Crippen molar-refractivity contribution in [3.05, 3.63) is 95.4 Å². The lowest BCUT2D eigenvalue weighted by atomic mass is 9.80. The highest BCUT2D eigenvalue weighted by Gasteiger charge is 2.44. The summed E-state index contributed by atoms with van der Waals surface area (Å²) in [5, 5.41) is 14.5. The van der Waals surface area contributed by atoms with E-state index in [1.54, 1.807) is 0 Å². The first-order chi connectivity index (χ1) is 17.1. The molecule has 4 aromatic rings. The van der Waals surface area contributed by atoms with E-state index in [0.29, 0.717) is 5.56 Å². The highest BCUT2D eigenvalue weighted by molar-refractivity contribution is 5.37. The molecule has 1 atom stereocenters. The van der Waals surface area contributed by atoms with E-state index in [9.17, 15) is 31.9 Å². The summed E-state index contributed by atoms with van der Waals surface area (Å²) in [6, 6.07) is 10.1. The Morgan fingerprint density at radius 3 is 2.28 bits per heavy atom. The first-order valence-electron chi connectivity index (χ1n) is 10.6. The SMILES string of the molecule is O=c1n(C[C@@](CO)(Cn2cncn2)c2ccc(F)cc2)ccn1-c1ccc(OC(F)(F)C(F)F)cc1. The predicted octanol–water partition coefficient (Wildman–Crippen LogP) is 3.24. The Labute approximate surface area is 200 Å². The molecule has 0 saturated carbocycles. The molecule has 0 spiro atoms. The number of ether oxygens (including phenoxy) is 1. The second kappa shape index (κ2) is 9.93. The quantitative estimate of drug-likeness (QED) is 0.332. The van der Waals surface area contributed by atoms with Crippen molar-refractivity contribution in [1.29, 1.82) is 0 Å². The Morgan fingerprint density at radius 2 is 1.69 bits per heavy atom. The molecule has 0 bridgehead atoms. The molecule has 0 amide bonds. The van der Waals surface area contributed by atoms with Crippen molar-refractivity contribution in [1.82, 2.24) is 23.9 Å². The van der Waals surface area contributed by atoms with Crippen LogP contribution in [-0.2, 0) is 18.5 Å². The van der Waals surface area contributed by atoms with Crippen LogP contribution in [0.5, 0.6) is 5.75 Å². The van der Waals surface area contributed by atoms with Crippen LogP contribution in [0.3, 0.4) is 0 Å². The standard InChI is InChI=1S/C23H20F5N5O3/c24-17-3-1-16(2-4-17)22(13-34,12-32-15-29-14-30-32)11-31-9-10-33(21(31)35)18-5-7-19(8-6-18)36-23(27,28)20(25)26/h1-10,14-15,20,34H,11-13H2/t22-/m0/s1. The fourth-order valence-corrected chi connectivity index (χ4v) is 3.78. The van der Waals surface area contributed by atoms with Gasteiger partial charge in [-0.25, -0.2) is 14.2 Å². The molecule has 0 aliphatic heterocycles. The summed E-state index contributed by atoms with van der Waals surface area (Å²) < 4.78 is 72.6. The third-order valence-corrected chi connectivity index (χ3v) is 5.63. The lowest BCUT2D eigenvalue weighted by Crippen LogP contribution is -2.42. The maximum Gasteiger partial charge on any atom is 0.461 e. The maximum atomic E-state index is 13.6. The zero-order valence-electron chi connectivity index (χ0n) is 18.5. The molecule has 2 aromatic carbocycles. The predicted molar refractivity (Wildman–Crippen MR) is 117 cm³/mol. The van der Waals surface area contributed by atoms with E-state index in [1.807, 2.05) is 0 Å². The summed E-state index contributed by atoms with van der Waals surface area (Å²) in [6.07, 6.45) is -3.00. The van der Waals surface area contributed by atoms with Crippen molar-refractivity contribution in [2.45, 2.75) is 31.0 Å². The number of aliphatic hydroxyl groups is 1. The van der Waals surface area contributed by atoms with E-state index in [-0.39, 0.29) is 18.8 Å². The van der Waals surface area contributed by atoms with E-state index in [2.05, 4.69) is 14.8 Å². The van der Waals surface area contributed by atoms with Crippen LogP contribution in [0.4, 0.5) is 22.0 Å². The lowest BCUT2D eigenvalue weighted by Gasteiger charge is -2.32. The first-order valence-corrected chi connectivity index (χ1v) is 10.6. The van der Waals surface area contributed by atoms with Crippen molar-refractivity contribution >= 4 is 0 Å². The summed E-state index contributed by atoms with van der Waals surface area (Å²) in [5.41, 5.74) is -0.794. The van der Waals surface area contributed by atoms with Crippen LogP contribution in [0.25, 0.3) is 5.69 Å². The van der Waals surface area contributed by atoms with Crippen LogP contribution in [0.15, 0.2) is 78.4 Å². The average Bonchev–Trinajstić information content (AvgIpc) is 3.49. The van der Waals surface area contributed by atoms with E-state index in [0.717, 1.165) is 12.1 Å². The number of rotatable bonds is 10. The summed E-state index contributed by atoms with van der Waals surface area (Å²) in [6.45, 7) is -0.319. The lowest BCUT2D eigenvalue weighted by molar-refractivity contribution is -0.253. The van der Waals surface area contributed by atoms with Gasteiger partial charge in [0.15, 0.2) is 0 Å². The molecule has 2 aromatic heterocycles. The number of hydrogen-bond acceptors (Lipinski definition) is 5. The normalized spacial score (nSPS) is 13.6. The van der Waals surface area contributed by atoms with Gasteiger partial charge in [-0.15, -0.1) is 0 Å². The topological polar surface area (TPSA) is 87.1 Å². The minimum absolute atomic E-state index is 0.0252. The molecule has 4 rings (SSSR count). The number of halogens is 5. The van der Waals surface area contributed by atoms with Crippen LogP contribution in [0.1, 0.15) is 5.56 Å². The summed E-state index contributed by atoms with van der Waals surface area (Å²) in [4.78, 5) is 17.0. The van der Waals surface area contributed by atoms with Crippen molar-refractivity contribution in [3.8, 4) is 11.4 Å². The number of aliphatic hydroxyl groups excluding tert-OH is 1. The molecule has 190 valence electrons. The van der Waals surface area contributed by atoms with Crippen LogP contribution in [-0.4, -0.2) is 48.1 Å². The molecule has 0 radical (unpaired) electrons. The van der Waals surface area contributed by atoms with E-state index in [1.165, 1.54) is 75.3 Å². The molecule has 13 heteroatoms. The van der Waals surface area contributed by atoms with Gasteiger partial charge in [-0.1, -0.05) is 12.1 Å². The van der Waals surface area contributed by atoms with Gasteiger partial charge in [-0.3, -0.25) is 13.8 Å². The van der Waals surface area contributed by atoms with E-state index in [4.69, 9.17) is 0 Å². The molecular weight excluding hydrogens is 489 g/mol. The number of benzene rings is 2. The Balaban J connectivity index is 1.64. The second-order valence-electron chi connectivity index (χ2n) is 8.08. The zero-order valence-corrected chi connectivity index (χ0v) is 18.5. The highest BCUT2D eigenvalue weighted by Crippen LogP contribution is 2.29. The van der Waals surface area contributed by atoms with Gasteiger partial charge in [0.05, 0.1) is 24.3 Å². The van der Waals surface area contributed by atoms with Crippen LogP contribution < -0.4 is 10.4 Å². The van der Waals surface area contributed by atoms with Gasteiger partial charge >= 0.3 is 18.2 Å². The fourth-order valence-electron chi connectivity index (χ4n) is 3.78. The molecule has 0 aliphatic carbocycles. The van der Waals surface area contributed by atoms with Crippen LogP contribution in [0, 0.1) is 5.82 Å². The largest absolute Gasteiger partial charge is 0.461 e. The van der Waals surface area contributed by atoms with Crippen molar-refractivity contribution < 1.29 is 31.8 Å². The maximum absolute atomic E-state index is 13.6. The van der Waals surface area contributed by atoms with Crippen molar-refractivity contribution in [3.63, 3.8) is 0 Å². The Hall–Kier alpha value is -4.00. The number of imidazole rings is 1. The first kappa shape index (κ1) is 25.1. The van der Waals surface area contributed by atoms with Crippen molar-refractivity contribution in [2.24, 2.45) is 0 Å². The van der Waals surface area contributed by atoms with Crippen LogP contribution in [0.2, 0.25) is 0 Å². The monoisotopic (exact) mass is 509 g/mol. The number of hydrogen-bond donors (Lipinski definition) is 1. The summed E-state index contributed by atoms with van der Waals surface area (Å²) in [7, 11) is 0. The van der Waals surface area contributed by atoms with E-state index < -0.39 is 41.8 Å².